The molecule has 2 amide bonds. The van der Waals surface area contributed by atoms with E-state index in [2.05, 4.69) is 5.32 Å². The third-order valence-electron chi connectivity index (χ3n) is 3.28. The molecule has 10 heteroatoms. The van der Waals surface area contributed by atoms with E-state index in [1.165, 1.54) is 40.1 Å². The predicted molar refractivity (Wildman–Crippen MR) is 114 cm³/mol. The van der Waals surface area contributed by atoms with Crippen molar-refractivity contribution >= 4 is 98.0 Å². The number of halogens is 3. The molecule has 1 aliphatic heterocycles. The highest BCUT2D eigenvalue weighted by atomic mass is 35.5. The molecule has 1 aromatic carbocycles. The number of thiophene rings is 1. The van der Waals surface area contributed by atoms with Gasteiger partial charge in [-0.1, -0.05) is 64.8 Å². The smallest absolute Gasteiger partial charge is 0.266 e. The maximum absolute atomic E-state index is 12.5. The minimum absolute atomic E-state index is 0.219. The molecule has 1 aliphatic rings. The Morgan fingerprint density at radius 1 is 1.23 bits per heavy atom. The van der Waals surface area contributed by atoms with E-state index < -0.39 is 5.91 Å². The fraction of sp³-hybridized carbons (Fsp3) is 0.0625. The molecule has 0 aliphatic carbocycles. The van der Waals surface area contributed by atoms with E-state index >= 15 is 0 Å². The van der Waals surface area contributed by atoms with E-state index in [1.807, 2.05) is 17.5 Å². The molecule has 0 spiro atoms. The number of benzene rings is 1. The molecular weight excluding hydrogens is 455 g/mol. The fourth-order valence-corrected chi connectivity index (χ4v) is 4.66. The van der Waals surface area contributed by atoms with Gasteiger partial charge in [0, 0.05) is 4.88 Å². The van der Waals surface area contributed by atoms with Crippen molar-refractivity contribution in [2.24, 2.45) is 0 Å². The van der Waals surface area contributed by atoms with Crippen molar-refractivity contribution in [2.45, 2.75) is 0 Å². The van der Waals surface area contributed by atoms with E-state index in [1.54, 1.807) is 6.08 Å². The maximum Gasteiger partial charge on any atom is 0.266 e. The summed E-state index contributed by atoms with van der Waals surface area (Å²) in [5.74, 6) is -0.747. The number of hydrogen-bond donors (Lipinski definition) is 1. The summed E-state index contributed by atoms with van der Waals surface area (Å²) >= 11 is 25.7. The molecule has 1 fully saturated rings. The molecule has 0 atom stereocenters. The number of rotatable bonds is 4. The van der Waals surface area contributed by atoms with Crippen molar-refractivity contribution < 1.29 is 9.59 Å². The monoisotopic (exact) mass is 462 g/mol. The summed E-state index contributed by atoms with van der Waals surface area (Å²) in [5.41, 5.74) is 0.311. The molecule has 0 bridgehead atoms. The van der Waals surface area contributed by atoms with Crippen LogP contribution in [0, 0.1) is 0 Å². The molecule has 2 aromatic rings. The summed E-state index contributed by atoms with van der Waals surface area (Å²) in [5, 5.41) is 5.32. The second-order valence-electron chi connectivity index (χ2n) is 5.08. The van der Waals surface area contributed by atoms with Crippen LogP contribution in [0.3, 0.4) is 0 Å². The van der Waals surface area contributed by atoms with E-state index in [-0.39, 0.29) is 27.5 Å². The summed E-state index contributed by atoms with van der Waals surface area (Å²) in [4.78, 5) is 27.5. The van der Waals surface area contributed by atoms with Crippen LogP contribution in [0.5, 0.6) is 0 Å². The van der Waals surface area contributed by atoms with Gasteiger partial charge in [-0.3, -0.25) is 14.5 Å². The number of anilines is 1. The number of amides is 2. The second kappa shape index (κ2) is 8.29. The third-order valence-corrected chi connectivity index (χ3v) is 6.51. The highest BCUT2D eigenvalue weighted by molar-refractivity contribution is 8.26. The van der Waals surface area contributed by atoms with Crippen LogP contribution in [-0.4, -0.2) is 27.6 Å². The van der Waals surface area contributed by atoms with Gasteiger partial charge in [-0.05, 0) is 29.7 Å². The quantitative estimate of drug-likeness (QED) is 0.367. The van der Waals surface area contributed by atoms with Crippen molar-refractivity contribution in [3.05, 3.63) is 54.5 Å². The first kappa shape index (κ1) is 19.7. The predicted octanol–water partition coefficient (Wildman–Crippen LogP) is 5.55. The average molecular weight is 464 g/mol. The largest absolute Gasteiger partial charge is 0.323 e. The van der Waals surface area contributed by atoms with E-state index in [9.17, 15) is 9.59 Å². The summed E-state index contributed by atoms with van der Waals surface area (Å²) in [6.07, 6.45) is 1.76. The van der Waals surface area contributed by atoms with Gasteiger partial charge in [0.15, 0.2) is 0 Å². The Morgan fingerprint density at radius 2 is 1.96 bits per heavy atom. The van der Waals surface area contributed by atoms with Gasteiger partial charge in [0.25, 0.3) is 5.91 Å². The number of nitrogens with zero attached hydrogens (tertiary/aromatic N) is 1. The van der Waals surface area contributed by atoms with Crippen LogP contribution in [0.1, 0.15) is 4.88 Å². The van der Waals surface area contributed by atoms with Gasteiger partial charge in [-0.25, -0.2) is 0 Å². The molecule has 2 heterocycles. The topological polar surface area (TPSA) is 49.4 Å². The Kier molecular flexibility index (Phi) is 6.27. The normalized spacial score (nSPS) is 15.8. The molecule has 1 aromatic heterocycles. The highest BCUT2D eigenvalue weighted by Crippen LogP contribution is 2.34. The number of thioether (sulfide) groups is 1. The molecule has 0 unspecified atom stereocenters. The number of nitrogens with one attached hydrogen (secondary N) is 1. The van der Waals surface area contributed by atoms with Crippen LogP contribution in [0.15, 0.2) is 34.6 Å². The van der Waals surface area contributed by atoms with Crippen molar-refractivity contribution in [1.29, 1.82) is 0 Å². The van der Waals surface area contributed by atoms with Gasteiger partial charge in [0.1, 0.15) is 10.9 Å². The lowest BCUT2D eigenvalue weighted by Gasteiger charge is -2.15. The lowest BCUT2D eigenvalue weighted by atomic mass is 10.3. The number of carbonyl (C=O) groups excluding carboxylic acids is 2. The van der Waals surface area contributed by atoms with Crippen LogP contribution in [0.4, 0.5) is 5.69 Å². The molecular formula is C16H9Cl3N2O2S3. The van der Waals surface area contributed by atoms with Crippen LogP contribution in [0.25, 0.3) is 6.08 Å². The molecule has 3 rings (SSSR count). The summed E-state index contributed by atoms with van der Waals surface area (Å²) in [7, 11) is 0. The highest BCUT2D eigenvalue weighted by Gasteiger charge is 2.33. The number of hydrogen-bond acceptors (Lipinski definition) is 5. The van der Waals surface area contributed by atoms with E-state index in [4.69, 9.17) is 47.0 Å². The van der Waals surface area contributed by atoms with E-state index in [0.717, 1.165) is 4.88 Å². The standard InChI is InChI=1S/C16H9Cl3N2O2S3/c17-9-5-11(19)12(6-10(9)18)20-14(22)7-21-15(23)13(26-16(21)24)4-8-2-1-3-25-8/h1-6H,7H2,(H,20,22)/b13-4-. The first-order valence-electron chi connectivity index (χ1n) is 7.08. The zero-order valence-corrected chi connectivity index (χ0v) is 17.5. The first-order valence-corrected chi connectivity index (χ1v) is 10.3. The Morgan fingerprint density at radius 3 is 2.65 bits per heavy atom. The van der Waals surface area contributed by atoms with Gasteiger partial charge in [0.2, 0.25) is 5.91 Å². The zero-order valence-electron chi connectivity index (χ0n) is 12.8. The van der Waals surface area contributed by atoms with Crippen LogP contribution in [-0.2, 0) is 9.59 Å². The number of carbonyl (C=O) groups is 2. The van der Waals surface area contributed by atoms with Crippen LogP contribution in [0.2, 0.25) is 15.1 Å². The van der Waals surface area contributed by atoms with E-state index in [0.29, 0.717) is 14.9 Å². The fourth-order valence-electron chi connectivity index (χ4n) is 2.09. The lowest BCUT2D eigenvalue weighted by Crippen LogP contribution is -2.36. The summed E-state index contributed by atoms with van der Waals surface area (Å²) < 4.78 is 0.327. The Bertz CT molecular complexity index is 929. The Hall–Kier alpha value is -1.09. The van der Waals surface area contributed by atoms with Gasteiger partial charge in [0.05, 0.1) is 25.7 Å². The molecule has 0 saturated carbocycles. The van der Waals surface area contributed by atoms with Crippen molar-refractivity contribution in [1.82, 2.24) is 4.90 Å². The second-order valence-corrected chi connectivity index (χ2v) is 8.95. The minimum Gasteiger partial charge on any atom is -0.323 e. The zero-order chi connectivity index (χ0) is 18.8. The Labute approximate surface area is 178 Å². The number of thiocarbonyl (C=S) groups is 1. The Balaban J connectivity index is 1.70. The summed E-state index contributed by atoms with van der Waals surface area (Å²) in [6.45, 7) is -0.219. The molecule has 26 heavy (non-hydrogen) atoms. The molecule has 1 N–H and O–H groups in total. The maximum atomic E-state index is 12.5. The van der Waals surface area contributed by atoms with Gasteiger partial charge in [-0.15, -0.1) is 11.3 Å². The van der Waals surface area contributed by atoms with Gasteiger partial charge in [-0.2, -0.15) is 0 Å². The molecule has 134 valence electrons. The minimum atomic E-state index is -0.445. The third kappa shape index (κ3) is 4.42. The molecule has 4 nitrogen and oxygen atoms in total. The average Bonchev–Trinajstić information content (AvgIpc) is 3.17. The lowest BCUT2D eigenvalue weighted by molar-refractivity contribution is -0.126. The molecule has 0 radical (unpaired) electrons. The van der Waals surface area contributed by atoms with Gasteiger partial charge >= 0.3 is 0 Å². The van der Waals surface area contributed by atoms with Crippen LogP contribution < -0.4 is 5.32 Å². The summed E-state index contributed by atoms with van der Waals surface area (Å²) in [6, 6.07) is 6.68. The SMILES string of the molecule is O=C(CN1C(=O)/C(=C/c2cccs2)SC1=S)Nc1cc(Cl)c(Cl)cc1Cl. The van der Waals surface area contributed by atoms with Gasteiger partial charge < -0.3 is 5.32 Å². The van der Waals surface area contributed by atoms with Crippen LogP contribution >= 0.6 is 70.1 Å². The molecule has 1 saturated heterocycles. The van der Waals surface area contributed by atoms with Crippen molar-refractivity contribution in [3.8, 4) is 0 Å². The first-order chi connectivity index (χ1) is 12.3. The van der Waals surface area contributed by atoms with Crippen molar-refractivity contribution in [3.63, 3.8) is 0 Å². The van der Waals surface area contributed by atoms with Crippen molar-refractivity contribution in [2.75, 3.05) is 11.9 Å².